The van der Waals surface area contributed by atoms with Crippen molar-refractivity contribution >= 4 is 41.3 Å². The van der Waals surface area contributed by atoms with E-state index >= 15 is 0 Å². The average molecular weight is 615 g/mol. The van der Waals surface area contributed by atoms with Gasteiger partial charge < -0.3 is 19.7 Å². The fourth-order valence-electron chi connectivity index (χ4n) is 4.70. The fraction of sp³-hybridized carbons (Fsp3) is 0.500. The third-order valence-corrected chi connectivity index (χ3v) is 7.99. The van der Waals surface area contributed by atoms with Crippen molar-refractivity contribution in [2.75, 3.05) is 32.1 Å². The highest BCUT2D eigenvalue weighted by atomic mass is 35.5. The summed E-state index contributed by atoms with van der Waals surface area (Å²) in [5.74, 6) is -0.550. The molecule has 0 aliphatic carbocycles. The first-order valence-corrected chi connectivity index (χ1v) is 14.9. The molecule has 0 saturated carbocycles. The van der Waals surface area contributed by atoms with Crippen LogP contribution in [-0.2, 0) is 32.0 Å². The fourth-order valence-corrected chi connectivity index (χ4v) is 4.90. The zero-order valence-electron chi connectivity index (χ0n) is 25.9. The van der Waals surface area contributed by atoms with Crippen LogP contribution in [0.25, 0.3) is 0 Å². The number of likely N-dealkylation sites (tertiary alicyclic amines) is 1. The molecule has 0 spiro atoms. The van der Waals surface area contributed by atoms with E-state index in [0.717, 1.165) is 17.5 Å². The number of benzene rings is 2. The molecule has 11 heteroatoms. The first-order valence-electron chi connectivity index (χ1n) is 14.5. The minimum Gasteiger partial charge on any atom is -0.448 e. The number of hydrogen-bond acceptors (Lipinski definition) is 6. The number of carbonyl (C=O) groups is 4. The highest BCUT2D eigenvalue weighted by molar-refractivity contribution is 6.31. The maximum Gasteiger partial charge on any atom is 0.411 e. The number of piperidine rings is 1. The highest BCUT2D eigenvalue weighted by Gasteiger charge is 2.44. The molecule has 2 aromatic carbocycles. The highest BCUT2D eigenvalue weighted by Crippen LogP contribution is 2.33. The summed E-state index contributed by atoms with van der Waals surface area (Å²) >= 11 is 6.28. The number of anilines is 1. The largest absolute Gasteiger partial charge is 0.448 e. The number of hydrogen-bond donors (Lipinski definition) is 2. The Morgan fingerprint density at radius 2 is 1.67 bits per heavy atom. The molecule has 0 aromatic heterocycles. The van der Waals surface area contributed by atoms with E-state index in [1.54, 1.807) is 50.8 Å². The van der Waals surface area contributed by atoms with Gasteiger partial charge >= 0.3 is 12.2 Å². The summed E-state index contributed by atoms with van der Waals surface area (Å²) in [6, 6.07) is 13.9. The van der Waals surface area contributed by atoms with Crippen LogP contribution in [0.1, 0.15) is 58.6 Å². The second-order valence-corrected chi connectivity index (χ2v) is 12.3. The Morgan fingerprint density at radius 3 is 2.26 bits per heavy atom. The van der Waals surface area contributed by atoms with Crippen molar-refractivity contribution in [3.63, 3.8) is 0 Å². The molecule has 2 aromatic rings. The van der Waals surface area contributed by atoms with Crippen molar-refractivity contribution in [1.29, 1.82) is 0 Å². The van der Waals surface area contributed by atoms with Crippen molar-refractivity contribution in [1.82, 2.24) is 15.1 Å². The molecule has 43 heavy (non-hydrogen) atoms. The maximum absolute atomic E-state index is 13.6. The molecule has 1 saturated heterocycles. The number of nitrogens with zero attached hydrogens (tertiary/aromatic N) is 2. The molecule has 1 aliphatic heterocycles. The van der Waals surface area contributed by atoms with Crippen LogP contribution in [0.3, 0.4) is 0 Å². The van der Waals surface area contributed by atoms with Crippen molar-refractivity contribution < 1.29 is 28.7 Å². The lowest BCUT2D eigenvalue weighted by atomic mass is 9.78. The molecule has 0 radical (unpaired) electrons. The summed E-state index contributed by atoms with van der Waals surface area (Å²) < 4.78 is 11.0. The van der Waals surface area contributed by atoms with Crippen LogP contribution in [0.4, 0.5) is 15.3 Å². The first kappa shape index (κ1) is 33.7. The molecule has 2 N–H and O–H groups in total. The van der Waals surface area contributed by atoms with E-state index in [9.17, 15) is 19.2 Å². The Balaban J connectivity index is 1.69. The van der Waals surface area contributed by atoms with Gasteiger partial charge in [0.1, 0.15) is 18.2 Å². The summed E-state index contributed by atoms with van der Waals surface area (Å²) in [5, 5.41) is 6.19. The van der Waals surface area contributed by atoms with E-state index < -0.39 is 29.2 Å². The first-order chi connectivity index (χ1) is 20.2. The van der Waals surface area contributed by atoms with Gasteiger partial charge in [0.2, 0.25) is 11.8 Å². The summed E-state index contributed by atoms with van der Waals surface area (Å²) in [5.41, 5.74) is 0.723. The van der Waals surface area contributed by atoms with Crippen molar-refractivity contribution in [2.45, 2.75) is 72.1 Å². The number of ether oxygens (including phenoxy) is 2. The molecule has 1 aliphatic rings. The van der Waals surface area contributed by atoms with E-state index in [-0.39, 0.29) is 50.9 Å². The summed E-state index contributed by atoms with van der Waals surface area (Å²) in [6.45, 7) is 9.50. The van der Waals surface area contributed by atoms with Crippen LogP contribution in [0.5, 0.6) is 0 Å². The van der Waals surface area contributed by atoms with Crippen molar-refractivity contribution in [2.24, 2.45) is 5.41 Å². The maximum atomic E-state index is 13.6. The van der Waals surface area contributed by atoms with Crippen LogP contribution in [-0.4, -0.2) is 72.2 Å². The predicted molar refractivity (Wildman–Crippen MR) is 166 cm³/mol. The molecule has 234 valence electrons. The predicted octanol–water partition coefficient (Wildman–Crippen LogP) is 5.63. The molecule has 10 nitrogen and oxygen atoms in total. The zero-order chi connectivity index (χ0) is 31.8. The van der Waals surface area contributed by atoms with Crippen LogP contribution in [0.2, 0.25) is 5.02 Å². The van der Waals surface area contributed by atoms with E-state index in [1.165, 1.54) is 11.9 Å². The van der Waals surface area contributed by atoms with Gasteiger partial charge in [-0.05, 0) is 76.3 Å². The number of rotatable bonds is 9. The average Bonchev–Trinajstić information content (AvgIpc) is 2.98. The molecule has 0 bridgehead atoms. The van der Waals surface area contributed by atoms with E-state index in [2.05, 4.69) is 10.6 Å². The lowest BCUT2D eigenvalue weighted by Gasteiger charge is -2.41. The smallest absolute Gasteiger partial charge is 0.411 e. The lowest BCUT2D eigenvalue weighted by Crippen LogP contribution is -2.55. The number of halogens is 1. The van der Waals surface area contributed by atoms with Crippen LogP contribution in [0, 0.1) is 5.41 Å². The second-order valence-electron chi connectivity index (χ2n) is 11.9. The normalized spacial score (nSPS) is 15.2. The number of aryl methyl sites for hydroxylation is 1. The molecule has 1 heterocycles. The molecule has 4 amide bonds. The number of nitrogens with one attached hydrogen (secondary N) is 2. The van der Waals surface area contributed by atoms with Gasteiger partial charge in [-0.25, -0.2) is 9.59 Å². The molecule has 3 rings (SSSR count). The van der Waals surface area contributed by atoms with Gasteiger partial charge in [0.15, 0.2) is 0 Å². The summed E-state index contributed by atoms with van der Waals surface area (Å²) in [7, 11) is 1.52. The third kappa shape index (κ3) is 9.35. The molecule has 1 fully saturated rings. The zero-order valence-corrected chi connectivity index (χ0v) is 26.6. The van der Waals surface area contributed by atoms with Gasteiger partial charge in [-0.3, -0.25) is 19.8 Å². The number of amides is 4. The Labute approximate surface area is 259 Å². The quantitative estimate of drug-likeness (QED) is 0.378. The second kappa shape index (κ2) is 14.6. The minimum atomic E-state index is -1.07. The Hall–Kier alpha value is -3.79. The standard InChI is InChI=1S/C32H43ClN4O6/c1-7-23-12-14-25(15-13-23)35-29(40)42-21-32(28(39)34-20-24-10-8-9-11-26(24)33)16-18-37(19-17-32)27(38)22(2)36(6)30(41)43-31(3,4)5/h8-15,22H,7,16-21H2,1-6H3,(H,34,39)(H,35,40). The lowest BCUT2D eigenvalue weighted by molar-refractivity contribution is -0.145. The van der Waals surface area contributed by atoms with Crippen molar-refractivity contribution in [3.05, 3.63) is 64.7 Å². The minimum absolute atomic E-state index is 0.171. The van der Waals surface area contributed by atoms with E-state index in [1.807, 2.05) is 37.3 Å². The Kier molecular flexibility index (Phi) is 11.4. The van der Waals surface area contributed by atoms with E-state index in [4.69, 9.17) is 21.1 Å². The van der Waals surface area contributed by atoms with Gasteiger partial charge in [-0.2, -0.15) is 0 Å². The van der Waals surface area contributed by atoms with Gasteiger partial charge in [-0.15, -0.1) is 0 Å². The summed E-state index contributed by atoms with van der Waals surface area (Å²) in [4.78, 5) is 55.1. The Morgan fingerprint density at radius 1 is 1.05 bits per heavy atom. The van der Waals surface area contributed by atoms with Gasteiger partial charge in [0.25, 0.3) is 0 Å². The van der Waals surface area contributed by atoms with Crippen molar-refractivity contribution in [3.8, 4) is 0 Å². The molecular weight excluding hydrogens is 572 g/mol. The molecular formula is C32H43ClN4O6. The number of carbonyl (C=O) groups excluding carboxylic acids is 4. The molecule has 1 atom stereocenters. The van der Waals surface area contributed by atoms with Crippen LogP contribution < -0.4 is 10.6 Å². The third-order valence-electron chi connectivity index (χ3n) is 7.62. The SMILES string of the molecule is CCc1ccc(NC(=O)OCC2(C(=O)NCc3ccccc3Cl)CCN(C(=O)C(C)N(C)C(=O)OC(C)(C)C)CC2)cc1. The summed E-state index contributed by atoms with van der Waals surface area (Å²) in [6.07, 6.45) is 0.130. The Bertz CT molecular complexity index is 1290. The van der Waals surface area contributed by atoms with Gasteiger partial charge in [0.05, 0.1) is 5.41 Å². The van der Waals surface area contributed by atoms with Crippen LogP contribution in [0.15, 0.2) is 48.5 Å². The van der Waals surface area contributed by atoms with E-state index in [0.29, 0.717) is 10.7 Å². The topological polar surface area (TPSA) is 117 Å². The van der Waals surface area contributed by atoms with Crippen LogP contribution >= 0.6 is 11.6 Å². The molecule has 1 unspecified atom stereocenters. The number of likely N-dealkylation sites (N-methyl/N-ethyl adjacent to an activating group) is 1. The monoisotopic (exact) mass is 614 g/mol. The van der Waals surface area contributed by atoms with Gasteiger partial charge in [-0.1, -0.05) is 48.9 Å². The van der Waals surface area contributed by atoms with Gasteiger partial charge in [0, 0.05) is 37.4 Å².